The minimum atomic E-state index is -0.526. The third kappa shape index (κ3) is 2.63. The van der Waals surface area contributed by atoms with E-state index < -0.39 is 6.10 Å². The summed E-state index contributed by atoms with van der Waals surface area (Å²) in [5.74, 6) is 0.707. The Balaban J connectivity index is 1.93. The zero-order valence-electron chi connectivity index (χ0n) is 11.6. The van der Waals surface area contributed by atoms with Crippen molar-refractivity contribution in [2.24, 2.45) is 0 Å². The van der Waals surface area contributed by atoms with Crippen LogP contribution in [0.4, 0.5) is 0 Å². The Morgan fingerprint density at radius 3 is 2.60 bits per heavy atom. The van der Waals surface area contributed by atoms with Gasteiger partial charge in [0.15, 0.2) is 0 Å². The summed E-state index contributed by atoms with van der Waals surface area (Å²) in [6.07, 6.45) is 3.40. The number of hydrogen-bond acceptors (Lipinski definition) is 1. The normalized spacial score (nSPS) is 16.8. The molecule has 0 radical (unpaired) electrons. The Morgan fingerprint density at radius 2 is 1.90 bits per heavy atom. The molecule has 2 heteroatoms. The summed E-state index contributed by atoms with van der Waals surface area (Å²) in [6, 6.07) is 14.6. The van der Waals surface area contributed by atoms with E-state index in [1.54, 1.807) is 0 Å². The fourth-order valence-corrected chi connectivity index (χ4v) is 3.44. The van der Waals surface area contributed by atoms with Gasteiger partial charge in [-0.15, -0.1) is 0 Å². The number of rotatable bonds is 3. The Labute approximate surface area is 134 Å². The molecule has 0 aromatic heterocycles. The van der Waals surface area contributed by atoms with Crippen LogP contribution in [0.25, 0.3) is 0 Å². The van der Waals surface area contributed by atoms with Gasteiger partial charge in [0.05, 0.1) is 0 Å². The van der Waals surface area contributed by atoms with E-state index >= 15 is 0 Å². The molecule has 0 spiro atoms. The molecule has 1 unspecified atom stereocenters. The van der Waals surface area contributed by atoms with Gasteiger partial charge in [-0.25, -0.2) is 0 Å². The van der Waals surface area contributed by atoms with Gasteiger partial charge in [-0.05, 0) is 70.5 Å². The first kappa shape index (κ1) is 14.1. The molecule has 1 fully saturated rings. The smallest absolute Gasteiger partial charge is 0.105 e. The second kappa shape index (κ2) is 5.86. The third-order valence-corrected chi connectivity index (χ3v) is 5.79. The molecule has 1 atom stereocenters. The van der Waals surface area contributed by atoms with E-state index in [2.05, 4.69) is 53.8 Å². The maximum atomic E-state index is 10.7. The monoisotopic (exact) mass is 378 g/mol. The number of hydrogen-bond donors (Lipinski definition) is 1. The van der Waals surface area contributed by atoms with E-state index in [9.17, 15) is 5.11 Å². The highest BCUT2D eigenvalue weighted by Crippen LogP contribution is 2.37. The van der Waals surface area contributed by atoms with Crippen molar-refractivity contribution in [3.63, 3.8) is 0 Å². The number of aryl methyl sites for hydroxylation is 1. The zero-order valence-corrected chi connectivity index (χ0v) is 13.8. The predicted molar refractivity (Wildman–Crippen MR) is 91.0 cm³/mol. The minimum absolute atomic E-state index is 0.526. The number of benzene rings is 2. The van der Waals surface area contributed by atoms with E-state index in [0.717, 1.165) is 14.7 Å². The average Bonchev–Trinajstić information content (AvgIpc) is 2.40. The van der Waals surface area contributed by atoms with Crippen LogP contribution in [0.3, 0.4) is 0 Å². The Bertz CT molecular complexity index is 617. The highest BCUT2D eigenvalue weighted by atomic mass is 127. The minimum Gasteiger partial charge on any atom is -0.384 e. The van der Waals surface area contributed by atoms with Crippen LogP contribution in [0, 0.1) is 10.5 Å². The Hall–Kier alpha value is -0.870. The molecule has 3 rings (SSSR count). The zero-order chi connectivity index (χ0) is 14.1. The lowest BCUT2D eigenvalue weighted by Crippen LogP contribution is -2.10. The van der Waals surface area contributed by atoms with Crippen LogP contribution in [0.2, 0.25) is 0 Å². The summed E-state index contributed by atoms with van der Waals surface area (Å²) in [5.41, 5.74) is 4.63. The van der Waals surface area contributed by atoms with Gasteiger partial charge >= 0.3 is 0 Å². The van der Waals surface area contributed by atoms with Crippen LogP contribution >= 0.6 is 22.6 Å². The lowest BCUT2D eigenvalue weighted by Gasteiger charge is -2.26. The summed E-state index contributed by atoms with van der Waals surface area (Å²) in [6.45, 7) is 2.09. The second-order valence-corrected chi connectivity index (χ2v) is 6.76. The van der Waals surface area contributed by atoms with E-state index in [1.165, 1.54) is 30.4 Å². The van der Waals surface area contributed by atoms with Gasteiger partial charge in [-0.1, -0.05) is 48.9 Å². The van der Waals surface area contributed by atoms with Gasteiger partial charge in [0.1, 0.15) is 6.10 Å². The molecular weight excluding hydrogens is 359 g/mol. The first-order valence-electron chi connectivity index (χ1n) is 7.20. The lowest BCUT2D eigenvalue weighted by molar-refractivity contribution is 0.219. The third-order valence-electron chi connectivity index (χ3n) is 4.32. The molecule has 2 aromatic rings. The van der Waals surface area contributed by atoms with E-state index in [1.807, 2.05) is 18.2 Å². The summed E-state index contributed by atoms with van der Waals surface area (Å²) in [7, 11) is 0. The average molecular weight is 378 g/mol. The van der Waals surface area contributed by atoms with Crippen LogP contribution in [-0.4, -0.2) is 5.11 Å². The van der Waals surface area contributed by atoms with Crippen LogP contribution < -0.4 is 0 Å². The molecule has 104 valence electrons. The molecule has 0 bridgehead atoms. The topological polar surface area (TPSA) is 20.2 Å². The lowest BCUT2D eigenvalue weighted by atomic mass is 9.79. The molecule has 1 N–H and O–H groups in total. The van der Waals surface area contributed by atoms with Crippen molar-refractivity contribution in [1.29, 1.82) is 0 Å². The highest BCUT2D eigenvalue weighted by molar-refractivity contribution is 14.1. The Morgan fingerprint density at radius 1 is 1.15 bits per heavy atom. The van der Waals surface area contributed by atoms with E-state index in [4.69, 9.17) is 0 Å². The largest absolute Gasteiger partial charge is 0.384 e. The molecule has 2 aromatic carbocycles. The van der Waals surface area contributed by atoms with E-state index in [0.29, 0.717) is 5.92 Å². The van der Waals surface area contributed by atoms with Crippen LogP contribution in [-0.2, 0) is 0 Å². The van der Waals surface area contributed by atoms with Crippen molar-refractivity contribution in [3.05, 3.63) is 68.3 Å². The molecule has 1 nitrogen and oxygen atoms in total. The fourth-order valence-electron chi connectivity index (χ4n) is 2.79. The van der Waals surface area contributed by atoms with Crippen molar-refractivity contribution in [1.82, 2.24) is 0 Å². The molecule has 0 saturated heterocycles. The number of aliphatic hydroxyl groups excluding tert-OH is 1. The van der Waals surface area contributed by atoms with Crippen LogP contribution in [0.15, 0.2) is 42.5 Å². The summed E-state index contributed by atoms with van der Waals surface area (Å²) in [5, 5.41) is 10.7. The summed E-state index contributed by atoms with van der Waals surface area (Å²) >= 11 is 2.33. The van der Waals surface area contributed by atoms with Gasteiger partial charge in [0, 0.05) is 3.57 Å². The van der Waals surface area contributed by atoms with Crippen LogP contribution in [0.5, 0.6) is 0 Å². The van der Waals surface area contributed by atoms with Gasteiger partial charge in [-0.2, -0.15) is 0 Å². The standard InChI is InChI=1S/C18H19IO/c1-12-5-2-10-16(17(12)19)18(20)15-9-4-8-14(11-15)13-6-3-7-13/h2,4-5,8-11,13,18,20H,3,6-7H2,1H3. The molecule has 0 amide bonds. The predicted octanol–water partition coefficient (Wildman–Crippen LogP) is 4.95. The molecule has 0 aliphatic heterocycles. The molecule has 20 heavy (non-hydrogen) atoms. The quantitative estimate of drug-likeness (QED) is 0.750. The first-order chi connectivity index (χ1) is 9.66. The van der Waals surface area contributed by atoms with Gasteiger partial charge in [0.2, 0.25) is 0 Å². The molecule has 1 aliphatic rings. The SMILES string of the molecule is Cc1cccc(C(O)c2cccc(C3CCC3)c2)c1I. The first-order valence-corrected chi connectivity index (χ1v) is 8.27. The number of aliphatic hydroxyl groups is 1. The molecule has 1 aliphatic carbocycles. The van der Waals surface area contributed by atoms with E-state index in [-0.39, 0.29) is 0 Å². The number of halogens is 1. The Kier molecular flexibility index (Phi) is 4.13. The van der Waals surface area contributed by atoms with Gasteiger partial charge in [0.25, 0.3) is 0 Å². The molecular formula is C18H19IO. The van der Waals surface area contributed by atoms with Crippen molar-refractivity contribution in [3.8, 4) is 0 Å². The highest BCUT2D eigenvalue weighted by Gasteiger charge is 2.21. The van der Waals surface area contributed by atoms with Gasteiger partial charge < -0.3 is 5.11 Å². The molecule has 0 heterocycles. The molecule has 1 saturated carbocycles. The summed E-state index contributed by atoms with van der Waals surface area (Å²) in [4.78, 5) is 0. The van der Waals surface area contributed by atoms with Crippen molar-refractivity contribution in [2.75, 3.05) is 0 Å². The summed E-state index contributed by atoms with van der Waals surface area (Å²) < 4.78 is 1.16. The van der Waals surface area contributed by atoms with Crippen molar-refractivity contribution in [2.45, 2.75) is 38.2 Å². The maximum absolute atomic E-state index is 10.7. The maximum Gasteiger partial charge on any atom is 0.105 e. The van der Waals surface area contributed by atoms with Gasteiger partial charge in [-0.3, -0.25) is 0 Å². The fraction of sp³-hybridized carbons (Fsp3) is 0.333. The second-order valence-electron chi connectivity index (χ2n) is 5.68. The van der Waals surface area contributed by atoms with Crippen LogP contribution in [0.1, 0.15) is 53.5 Å². The van der Waals surface area contributed by atoms with Crippen molar-refractivity contribution < 1.29 is 5.11 Å². The van der Waals surface area contributed by atoms with Crippen molar-refractivity contribution >= 4 is 22.6 Å².